The van der Waals surface area contributed by atoms with Crippen molar-refractivity contribution in [1.29, 1.82) is 5.26 Å². The Morgan fingerprint density at radius 1 is 1.08 bits per heavy atom. The van der Waals surface area contributed by atoms with Crippen molar-refractivity contribution in [2.24, 2.45) is 0 Å². The quantitative estimate of drug-likeness (QED) is 0.569. The number of nitrogens with one attached hydrogen (secondary N) is 1. The number of benzene rings is 2. The standard InChI is InChI=1S/C26H23ClF3N3O4S/c27-19-6-1-2-7-21(19)38(36,37)18-13-20(22(34)32-24(15-31)8-9-24)33(14-18)23(35)25(10-11-25)16-4-3-5-17(12-16)26(28,29)30/h1-7,12,18,20H,8-11,13-14H2,(H,32,34)/t18-,20+/m1/s1. The van der Waals surface area contributed by atoms with Crippen molar-refractivity contribution in [2.75, 3.05) is 6.54 Å². The van der Waals surface area contributed by atoms with Gasteiger partial charge >= 0.3 is 6.18 Å². The molecule has 2 amide bonds. The van der Waals surface area contributed by atoms with E-state index >= 15 is 0 Å². The van der Waals surface area contributed by atoms with Crippen LogP contribution in [0.1, 0.15) is 43.2 Å². The lowest BCUT2D eigenvalue weighted by Crippen LogP contribution is -2.51. The number of nitriles is 1. The summed E-state index contributed by atoms with van der Waals surface area (Å²) in [5, 5.41) is 10.9. The summed E-state index contributed by atoms with van der Waals surface area (Å²) in [6.07, 6.45) is -3.43. The van der Waals surface area contributed by atoms with Gasteiger partial charge in [-0.15, -0.1) is 0 Å². The van der Waals surface area contributed by atoms with Crippen LogP contribution >= 0.6 is 11.6 Å². The van der Waals surface area contributed by atoms with Gasteiger partial charge in [-0.05, 0) is 55.9 Å². The summed E-state index contributed by atoms with van der Waals surface area (Å²) in [5.74, 6) is -1.26. The number of halogens is 4. The monoisotopic (exact) mass is 565 g/mol. The van der Waals surface area contributed by atoms with E-state index in [1.807, 2.05) is 6.07 Å². The zero-order valence-corrected chi connectivity index (χ0v) is 21.5. The molecule has 2 aromatic carbocycles. The van der Waals surface area contributed by atoms with Gasteiger partial charge in [0.1, 0.15) is 11.6 Å². The van der Waals surface area contributed by atoms with Gasteiger partial charge in [-0.1, -0.05) is 41.9 Å². The summed E-state index contributed by atoms with van der Waals surface area (Å²) in [7, 11) is -4.07. The van der Waals surface area contributed by atoms with E-state index in [1.54, 1.807) is 6.07 Å². The van der Waals surface area contributed by atoms with E-state index in [1.165, 1.54) is 30.3 Å². The normalized spacial score (nSPS) is 23.4. The molecule has 0 bridgehead atoms. The second kappa shape index (κ2) is 8.99. The Kier molecular flexibility index (Phi) is 6.27. The van der Waals surface area contributed by atoms with E-state index in [0.29, 0.717) is 12.8 Å². The maximum Gasteiger partial charge on any atom is 0.416 e. The van der Waals surface area contributed by atoms with Gasteiger partial charge in [0.05, 0.1) is 32.2 Å². The zero-order chi connectivity index (χ0) is 27.5. The first-order valence-corrected chi connectivity index (χ1v) is 14.0. The largest absolute Gasteiger partial charge is 0.416 e. The summed E-state index contributed by atoms with van der Waals surface area (Å²) in [5.41, 5.74) is -3.06. The van der Waals surface area contributed by atoms with E-state index in [0.717, 1.165) is 17.0 Å². The molecule has 2 aromatic rings. The maximum absolute atomic E-state index is 13.9. The first-order chi connectivity index (χ1) is 17.8. The van der Waals surface area contributed by atoms with Crippen molar-refractivity contribution in [2.45, 2.75) is 65.4 Å². The van der Waals surface area contributed by atoms with Crippen molar-refractivity contribution < 1.29 is 31.2 Å². The Hall–Kier alpha value is -3.10. The molecule has 200 valence electrons. The molecule has 2 aliphatic carbocycles. The lowest BCUT2D eigenvalue weighted by atomic mass is 9.92. The predicted molar refractivity (Wildman–Crippen MR) is 131 cm³/mol. The van der Waals surface area contributed by atoms with Gasteiger partial charge in [0.2, 0.25) is 11.8 Å². The fraction of sp³-hybridized carbons (Fsp3) is 0.423. The van der Waals surface area contributed by atoms with Crippen molar-refractivity contribution in [1.82, 2.24) is 10.2 Å². The number of sulfone groups is 1. The highest BCUT2D eigenvalue weighted by Crippen LogP contribution is 2.51. The topological polar surface area (TPSA) is 107 Å². The van der Waals surface area contributed by atoms with E-state index in [9.17, 15) is 36.4 Å². The molecule has 0 radical (unpaired) electrons. The molecule has 2 saturated carbocycles. The number of likely N-dealkylation sites (tertiary alicyclic amines) is 1. The Labute approximate surface area is 222 Å². The summed E-state index contributed by atoms with van der Waals surface area (Å²) in [4.78, 5) is 28.2. The molecule has 38 heavy (non-hydrogen) atoms. The molecule has 0 aromatic heterocycles. The average Bonchev–Trinajstić information content (AvgIpc) is 3.80. The van der Waals surface area contributed by atoms with Crippen LogP contribution in [-0.4, -0.2) is 48.5 Å². The van der Waals surface area contributed by atoms with Crippen molar-refractivity contribution in [3.05, 3.63) is 64.7 Å². The van der Waals surface area contributed by atoms with Gasteiger partial charge < -0.3 is 10.2 Å². The summed E-state index contributed by atoms with van der Waals surface area (Å²) >= 11 is 6.15. The minimum Gasteiger partial charge on any atom is -0.336 e. The fourth-order valence-corrected chi connectivity index (χ4v) is 7.30. The molecule has 1 N–H and O–H groups in total. The number of nitrogens with zero attached hydrogens (tertiary/aromatic N) is 2. The average molecular weight is 566 g/mol. The Balaban J connectivity index is 1.49. The highest BCUT2D eigenvalue weighted by atomic mass is 35.5. The lowest BCUT2D eigenvalue weighted by Gasteiger charge is -2.29. The minimum absolute atomic E-state index is 0.00215. The van der Waals surface area contributed by atoms with Crippen LogP contribution in [0.4, 0.5) is 13.2 Å². The molecule has 2 atom stereocenters. The van der Waals surface area contributed by atoms with Crippen LogP contribution < -0.4 is 5.32 Å². The predicted octanol–water partition coefficient (Wildman–Crippen LogP) is 4.01. The lowest BCUT2D eigenvalue weighted by molar-refractivity contribution is -0.141. The first kappa shape index (κ1) is 26.5. The number of hydrogen-bond acceptors (Lipinski definition) is 5. The molecule has 7 nitrogen and oxygen atoms in total. The van der Waals surface area contributed by atoms with Gasteiger partial charge in [-0.25, -0.2) is 8.42 Å². The molecule has 1 saturated heterocycles. The molecule has 0 unspecified atom stereocenters. The number of hydrogen-bond donors (Lipinski definition) is 1. The van der Waals surface area contributed by atoms with E-state index in [4.69, 9.17) is 11.6 Å². The smallest absolute Gasteiger partial charge is 0.336 e. The summed E-state index contributed by atoms with van der Waals surface area (Å²) < 4.78 is 67.1. The van der Waals surface area contributed by atoms with Gasteiger partial charge in [0, 0.05) is 6.54 Å². The maximum atomic E-state index is 13.9. The van der Waals surface area contributed by atoms with Gasteiger partial charge in [-0.2, -0.15) is 18.4 Å². The highest BCUT2D eigenvalue weighted by molar-refractivity contribution is 7.92. The van der Waals surface area contributed by atoms with E-state index < -0.39 is 55.6 Å². The van der Waals surface area contributed by atoms with Crippen LogP contribution in [0.15, 0.2) is 53.4 Å². The molecular weight excluding hydrogens is 543 g/mol. The second-order valence-corrected chi connectivity index (χ2v) is 12.8. The van der Waals surface area contributed by atoms with Crippen molar-refractivity contribution in [3.63, 3.8) is 0 Å². The van der Waals surface area contributed by atoms with E-state index in [2.05, 4.69) is 5.32 Å². The highest BCUT2D eigenvalue weighted by Gasteiger charge is 2.58. The molecule has 0 spiro atoms. The number of alkyl halides is 3. The number of carbonyl (C=O) groups excluding carboxylic acids is 2. The molecule has 12 heteroatoms. The molecule has 1 aliphatic heterocycles. The van der Waals surface area contributed by atoms with Crippen LogP contribution in [0, 0.1) is 11.3 Å². The summed E-state index contributed by atoms with van der Waals surface area (Å²) in [6, 6.07) is 11.2. The third kappa shape index (κ3) is 4.54. The Bertz CT molecular complexity index is 1460. The molecule has 1 heterocycles. The van der Waals surface area contributed by atoms with Crippen LogP contribution in [-0.2, 0) is 31.0 Å². The summed E-state index contributed by atoms with van der Waals surface area (Å²) in [6.45, 7) is -0.329. The van der Waals surface area contributed by atoms with Crippen LogP contribution in [0.25, 0.3) is 0 Å². The van der Waals surface area contributed by atoms with Crippen LogP contribution in [0.3, 0.4) is 0 Å². The van der Waals surface area contributed by atoms with Crippen LogP contribution in [0.5, 0.6) is 0 Å². The fourth-order valence-electron chi connectivity index (χ4n) is 5.08. The Morgan fingerprint density at radius 3 is 2.34 bits per heavy atom. The third-order valence-electron chi connectivity index (χ3n) is 7.64. The number of carbonyl (C=O) groups is 2. The van der Waals surface area contributed by atoms with Gasteiger partial charge in [0.25, 0.3) is 0 Å². The van der Waals surface area contributed by atoms with Crippen molar-refractivity contribution >= 4 is 33.3 Å². The molecule has 5 rings (SSSR count). The van der Waals surface area contributed by atoms with Crippen LogP contribution in [0.2, 0.25) is 5.02 Å². The molecular formula is C26H23ClF3N3O4S. The van der Waals surface area contributed by atoms with E-state index in [-0.39, 0.29) is 41.3 Å². The second-order valence-electron chi connectivity index (χ2n) is 10.2. The first-order valence-electron chi connectivity index (χ1n) is 12.0. The third-order valence-corrected chi connectivity index (χ3v) is 10.3. The van der Waals surface area contributed by atoms with Gasteiger partial charge in [0.15, 0.2) is 9.84 Å². The molecule has 3 aliphatic rings. The number of amides is 2. The van der Waals surface area contributed by atoms with Crippen molar-refractivity contribution in [3.8, 4) is 6.07 Å². The molecule has 3 fully saturated rings. The zero-order valence-electron chi connectivity index (χ0n) is 20.0. The Morgan fingerprint density at radius 2 is 1.76 bits per heavy atom. The minimum atomic E-state index is -4.60. The SMILES string of the molecule is N#CC1(NC(=O)[C@@H]2C[C@@H](S(=O)(=O)c3ccccc3Cl)CN2C(=O)C2(c3cccc(C(F)(F)F)c3)CC2)CC1. The number of rotatable bonds is 6. The van der Waals surface area contributed by atoms with Gasteiger partial charge in [-0.3, -0.25) is 9.59 Å².